The summed E-state index contributed by atoms with van der Waals surface area (Å²) in [7, 11) is 3.10. The van der Waals surface area contributed by atoms with Gasteiger partial charge in [0.25, 0.3) is 5.91 Å². The van der Waals surface area contributed by atoms with Crippen molar-refractivity contribution in [3.8, 4) is 11.5 Å². The van der Waals surface area contributed by atoms with Crippen molar-refractivity contribution in [2.45, 2.75) is 13.1 Å². The lowest BCUT2D eigenvalue weighted by atomic mass is 10.1. The van der Waals surface area contributed by atoms with Crippen LogP contribution >= 0.6 is 15.9 Å². The SMILES string of the molecule is COc1cc(Br)c(OC)c(C(=O)NCc2ccc(CN3CCOCC3)cc2)c1. The fourth-order valence-corrected chi connectivity index (χ4v) is 3.72. The van der Waals surface area contributed by atoms with E-state index in [-0.39, 0.29) is 5.91 Å². The second-order valence-electron chi connectivity index (χ2n) is 6.58. The molecule has 150 valence electrons. The molecule has 0 spiro atoms. The van der Waals surface area contributed by atoms with Gasteiger partial charge in [-0.15, -0.1) is 0 Å². The average molecular weight is 449 g/mol. The van der Waals surface area contributed by atoms with Gasteiger partial charge in [-0.25, -0.2) is 0 Å². The van der Waals surface area contributed by atoms with Gasteiger partial charge in [0, 0.05) is 26.2 Å². The molecule has 1 aliphatic heterocycles. The van der Waals surface area contributed by atoms with Gasteiger partial charge in [0.05, 0.1) is 37.5 Å². The van der Waals surface area contributed by atoms with Gasteiger partial charge in [-0.2, -0.15) is 0 Å². The largest absolute Gasteiger partial charge is 0.497 e. The quantitative estimate of drug-likeness (QED) is 0.704. The van der Waals surface area contributed by atoms with Gasteiger partial charge >= 0.3 is 0 Å². The molecular formula is C21H25BrN2O4. The third kappa shape index (κ3) is 5.25. The first-order valence-electron chi connectivity index (χ1n) is 9.18. The van der Waals surface area contributed by atoms with Crippen LogP contribution in [0.4, 0.5) is 0 Å². The molecule has 2 aromatic carbocycles. The minimum absolute atomic E-state index is 0.214. The zero-order valence-corrected chi connectivity index (χ0v) is 17.8. The number of nitrogens with one attached hydrogen (secondary N) is 1. The topological polar surface area (TPSA) is 60.0 Å². The van der Waals surface area contributed by atoms with Gasteiger partial charge in [0.2, 0.25) is 0 Å². The van der Waals surface area contributed by atoms with Gasteiger partial charge in [-0.05, 0) is 39.2 Å². The Hall–Kier alpha value is -2.09. The fourth-order valence-electron chi connectivity index (χ4n) is 3.12. The Bertz CT molecular complexity index is 805. The zero-order chi connectivity index (χ0) is 19.9. The minimum Gasteiger partial charge on any atom is -0.497 e. The van der Waals surface area contributed by atoms with E-state index in [9.17, 15) is 4.79 Å². The number of morpholine rings is 1. The average Bonchev–Trinajstić information content (AvgIpc) is 2.73. The molecule has 0 aromatic heterocycles. The maximum atomic E-state index is 12.7. The van der Waals surface area contributed by atoms with E-state index in [0.717, 1.165) is 38.4 Å². The van der Waals surface area contributed by atoms with Crippen molar-refractivity contribution in [3.05, 3.63) is 57.6 Å². The highest BCUT2D eigenvalue weighted by Crippen LogP contribution is 2.33. The molecule has 0 atom stereocenters. The molecular weight excluding hydrogens is 424 g/mol. The van der Waals surface area contributed by atoms with Crippen molar-refractivity contribution in [3.63, 3.8) is 0 Å². The number of ether oxygens (including phenoxy) is 3. The second-order valence-corrected chi connectivity index (χ2v) is 7.43. The molecule has 0 bridgehead atoms. The van der Waals surface area contributed by atoms with Crippen LogP contribution in [0.5, 0.6) is 11.5 Å². The molecule has 1 heterocycles. The van der Waals surface area contributed by atoms with Crippen molar-refractivity contribution in [2.75, 3.05) is 40.5 Å². The molecule has 28 heavy (non-hydrogen) atoms. The summed E-state index contributed by atoms with van der Waals surface area (Å²) >= 11 is 3.42. The van der Waals surface area contributed by atoms with Crippen LogP contribution in [-0.4, -0.2) is 51.3 Å². The lowest BCUT2D eigenvalue weighted by molar-refractivity contribution is 0.0342. The number of benzene rings is 2. The molecule has 6 nitrogen and oxygen atoms in total. The predicted molar refractivity (Wildman–Crippen MR) is 111 cm³/mol. The number of rotatable bonds is 7. The van der Waals surface area contributed by atoms with Gasteiger partial charge in [0.15, 0.2) is 0 Å². The highest BCUT2D eigenvalue weighted by molar-refractivity contribution is 9.10. The first-order valence-corrected chi connectivity index (χ1v) is 9.97. The molecule has 1 N–H and O–H groups in total. The van der Waals surface area contributed by atoms with E-state index in [1.165, 1.54) is 12.7 Å². The van der Waals surface area contributed by atoms with Crippen LogP contribution < -0.4 is 14.8 Å². The Morgan fingerprint density at radius 2 is 1.79 bits per heavy atom. The molecule has 0 saturated carbocycles. The lowest BCUT2D eigenvalue weighted by Gasteiger charge is -2.26. The Balaban J connectivity index is 1.61. The van der Waals surface area contributed by atoms with Crippen molar-refractivity contribution >= 4 is 21.8 Å². The van der Waals surface area contributed by atoms with Crippen LogP contribution in [-0.2, 0) is 17.8 Å². The third-order valence-electron chi connectivity index (χ3n) is 4.69. The molecule has 0 unspecified atom stereocenters. The second kappa shape index (κ2) is 9.91. The first kappa shape index (κ1) is 20.6. The molecule has 1 aliphatic rings. The predicted octanol–water partition coefficient (Wildman–Crippen LogP) is 3.23. The normalized spacial score (nSPS) is 14.5. The van der Waals surface area contributed by atoms with E-state index in [1.807, 2.05) is 0 Å². The van der Waals surface area contributed by atoms with Crippen LogP contribution in [0.2, 0.25) is 0 Å². The van der Waals surface area contributed by atoms with Gasteiger partial charge < -0.3 is 19.5 Å². The summed E-state index contributed by atoms with van der Waals surface area (Å²) in [4.78, 5) is 15.0. The Morgan fingerprint density at radius 1 is 1.11 bits per heavy atom. The number of carbonyl (C=O) groups is 1. The summed E-state index contributed by atoms with van der Waals surface area (Å²) in [5, 5.41) is 2.95. The molecule has 1 amide bonds. The number of amides is 1. The smallest absolute Gasteiger partial charge is 0.255 e. The number of carbonyl (C=O) groups excluding carboxylic acids is 1. The van der Waals surface area contributed by atoms with Gasteiger partial charge in [-0.1, -0.05) is 24.3 Å². The van der Waals surface area contributed by atoms with Crippen LogP contribution in [0.3, 0.4) is 0 Å². The van der Waals surface area contributed by atoms with Crippen LogP contribution in [0.25, 0.3) is 0 Å². The molecule has 0 radical (unpaired) electrons. The maximum Gasteiger partial charge on any atom is 0.255 e. The van der Waals surface area contributed by atoms with Crippen molar-refractivity contribution in [2.24, 2.45) is 0 Å². The molecule has 0 aliphatic carbocycles. The van der Waals surface area contributed by atoms with E-state index in [2.05, 4.69) is 50.4 Å². The van der Waals surface area contributed by atoms with E-state index < -0.39 is 0 Å². The molecule has 7 heteroatoms. The third-order valence-corrected chi connectivity index (χ3v) is 5.28. The summed E-state index contributed by atoms with van der Waals surface area (Å²) in [5.74, 6) is 0.860. The standard InChI is InChI=1S/C21H25BrN2O4/c1-26-17-11-18(20(27-2)19(22)12-17)21(25)23-13-15-3-5-16(6-4-15)14-24-7-9-28-10-8-24/h3-6,11-12H,7-10,13-14H2,1-2H3,(H,23,25). The van der Waals surface area contributed by atoms with E-state index in [0.29, 0.717) is 28.1 Å². The summed E-state index contributed by atoms with van der Waals surface area (Å²) < 4.78 is 16.7. The highest BCUT2D eigenvalue weighted by atomic mass is 79.9. The lowest BCUT2D eigenvalue weighted by Crippen LogP contribution is -2.35. The minimum atomic E-state index is -0.214. The van der Waals surface area contributed by atoms with Gasteiger partial charge in [-0.3, -0.25) is 9.69 Å². The first-order chi connectivity index (χ1) is 13.6. The number of nitrogens with zero attached hydrogens (tertiary/aromatic N) is 1. The molecule has 2 aromatic rings. The number of hydrogen-bond donors (Lipinski definition) is 1. The van der Waals surface area contributed by atoms with Crippen LogP contribution in [0.15, 0.2) is 40.9 Å². The molecule has 3 rings (SSSR count). The number of methoxy groups -OCH3 is 2. The van der Waals surface area contributed by atoms with Crippen LogP contribution in [0, 0.1) is 0 Å². The summed E-state index contributed by atoms with van der Waals surface area (Å²) in [6, 6.07) is 11.8. The van der Waals surface area contributed by atoms with Gasteiger partial charge in [0.1, 0.15) is 11.5 Å². The Labute approximate surface area is 173 Å². The van der Waals surface area contributed by atoms with Crippen molar-refractivity contribution in [1.29, 1.82) is 0 Å². The summed E-state index contributed by atoms with van der Waals surface area (Å²) in [6.45, 7) is 4.90. The maximum absolute atomic E-state index is 12.7. The van der Waals surface area contributed by atoms with E-state index in [4.69, 9.17) is 14.2 Å². The Kier molecular flexibility index (Phi) is 7.30. The highest BCUT2D eigenvalue weighted by Gasteiger charge is 2.17. The van der Waals surface area contributed by atoms with E-state index in [1.54, 1.807) is 19.2 Å². The number of hydrogen-bond acceptors (Lipinski definition) is 5. The van der Waals surface area contributed by atoms with E-state index >= 15 is 0 Å². The zero-order valence-electron chi connectivity index (χ0n) is 16.2. The number of halogens is 1. The Morgan fingerprint density at radius 3 is 2.43 bits per heavy atom. The summed E-state index contributed by atoms with van der Waals surface area (Å²) in [6.07, 6.45) is 0. The molecule has 1 saturated heterocycles. The van der Waals surface area contributed by atoms with Crippen molar-refractivity contribution < 1.29 is 19.0 Å². The molecule has 1 fully saturated rings. The fraction of sp³-hybridized carbons (Fsp3) is 0.381. The van der Waals surface area contributed by atoms with Crippen LogP contribution in [0.1, 0.15) is 21.5 Å². The van der Waals surface area contributed by atoms with Crippen molar-refractivity contribution in [1.82, 2.24) is 10.2 Å². The monoisotopic (exact) mass is 448 g/mol. The summed E-state index contributed by atoms with van der Waals surface area (Å²) in [5.41, 5.74) is 2.73.